The molecule has 0 heterocycles. The van der Waals surface area contributed by atoms with Gasteiger partial charge in [-0.1, -0.05) is 6.07 Å². The number of ether oxygens (including phenoxy) is 1. The van der Waals surface area contributed by atoms with Gasteiger partial charge in [0.1, 0.15) is 0 Å². The molecule has 1 aromatic rings. The van der Waals surface area contributed by atoms with E-state index < -0.39 is 18.9 Å². The average Bonchev–Trinajstić information content (AvgIpc) is 2.26. The summed E-state index contributed by atoms with van der Waals surface area (Å²) < 4.78 is 28.5. The predicted molar refractivity (Wildman–Crippen MR) is 53.0 cm³/mol. The van der Waals surface area contributed by atoms with Crippen molar-refractivity contribution in [1.29, 1.82) is 0 Å². The SMILES string of the molecule is COc1cccc(C(=O)NCC(F)F)c1O. The van der Waals surface area contributed by atoms with Crippen molar-refractivity contribution in [3.63, 3.8) is 0 Å². The minimum absolute atomic E-state index is 0.0972. The maximum absolute atomic E-state index is 11.9. The van der Waals surface area contributed by atoms with Crippen LogP contribution in [0.4, 0.5) is 8.78 Å². The fourth-order valence-electron chi connectivity index (χ4n) is 1.14. The lowest BCUT2D eigenvalue weighted by atomic mass is 10.1. The van der Waals surface area contributed by atoms with Crippen LogP contribution in [0.15, 0.2) is 18.2 Å². The molecule has 16 heavy (non-hydrogen) atoms. The van der Waals surface area contributed by atoms with Gasteiger partial charge in [-0.25, -0.2) is 8.78 Å². The van der Waals surface area contributed by atoms with E-state index in [0.29, 0.717) is 0 Å². The largest absolute Gasteiger partial charge is 0.504 e. The van der Waals surface area contributed by atoms with Gasteiger partial charge in [-0.3, -0.25) is 4.79 Å². The second-order valence-corrected chi connectivity index (χ2v) is 2.96. The summed E-state index contributed by atoms with van der Waals surface area (Å²) in [5.74, 6) is -1.02. The van der Waals surface area contributed by atoms with Crippen LogP contribution in [-0.4, -0.2) is 31.1 Å². The van der Waals surface area contributed by atoms with Crippen LogP contribution in [0.1, 0.15) is 10.4 Å². The van der Waals surface area contributed by atoms with Gasteiger partial charge in [-0.15, -0.1) is 0 Å². The first kappa shape index (κ1) is 12.2. The molecule has 6 heteroatoms. The van der Waals surface area contributed by atoms with Crippen LogP contribution < -0.4 is 10.1 Å². The molecule has 0 saturated heterocycles. The maximum atomic E-state index is 11.9. The molecule has 2 N–H and O–H groups in total. The number of rotatable bonds is 4. The number of benzene rings is 1. The molecule has 0 radical (unpaired) electrons. The van der Waals surface area contributed by atoms with E-state index in [9.17, 15) is 18.7 Å². The average molecular weight is 231 g/mol. The molecular formula is C10H11F2NO3. The Bertz CT molecular complexity index is 382. The van der Waals surface area contributed by atoms with E-state index in [0.717, 1.165) is 0 Å². The molecule has 0 aliphatic rings. The number of alkyl halides is 2. The summed E-state index contributed by atoms with van der Waals surface area (Å²) in [4.78, 5) is 11.4. The predicted octanol–water partition coefficient (Wildman–Crippen LogP) is 1.40. The van der Waals surface area contributed by atoms with Crippen molar-refractivity contribution in [2.45, 2.75) is 6.43 Å². The number of aromatic hydroxyl groups is 1. The number of phenols is 1. The monoisotopic (exact) mass is 231 g/mol. The van der Waals surface area contributed by atoms with Crippen LogP contribution in [0.3, 0.4) is 0 Å². The molecule has 1 aromatic carbocycles. The van der Waals surface area contributed by atoms with Gasteiger partial charge in [-0.05, 0) is 12.1 Å². The first-order chi connectivity index (χ1) is 7.56. The highest BCUT2D eigenvalue weighted by atomic mass is 19.3. The zero-order valence-corrected chi connectivity index (χ0v) is 8.54. The summed E-state index contributed by atoms with van der Waals surface area (Å²) in [6.07, 6.45) is -2.63. The van der Waals surface area contributed by atoms with E-state index in [1.807, 2.05) is 5.32 Å². The number of methoxy groups -OCH3 is 1. The first-order valence-corrected chi connectivity index (χ1v) is 4.48. The Morgan fingerprint density at radius 1 is 1.56 bits per heavy atom. The number of hydrogen-bond acceptors (Lipinski definition) is 3. The van der Waals surface area contributed by atoms with Crippen LogP contribution >= 0.6 is 0 Å². The Balaban J connectivity index is 2.83. The van der Waals surface area contributed by atoms with Crippen molar-refractivity contribution in [3.05, 3.63) is 23.8 Å². The smallest absolute Gasteiger partial charge is 0.255 e. The van der Waals surface area contributed by atoms with Gasteiger partial charge in [0.25, 0.3) is 12.3 Å². The molecule has 0 unspecified atom stereocenters. The number of para-hydroxylation sites is 1. The lowest BCUT2D eigenvalue weighted by Gasteiger charge is -2.08. The number of carbonyl (C=O) groups excluding carboxylic acids is 1. The summed E-state index contributed by atoms with van der Waals surface area (Å²) >= 11 is 0. The number of amides is 1. The number of hydrogen-bond donors (Lipinski definition) is 2. The molecule has 0 aliphatic heterocycles. The topological polar surface area (TPSA) is 58.6 Å². The Morgan fingerprint density at radius 2 is 2.25 bits per heavy atom. The molecule has 0 atom stereocenters. The van der Waals surface area contributed by atoms with Gasteiger partial charge in [0, 0.05) is 0 Å². The minimum Gasteiger partial charge on any atom is -0.504 e. The molecule has 0 aromatic heterocycles. The van der Waals surface area contributed by atoms with E-state index in [-0.39, 0.29) is 17.1 Å². The molecule has 1 amide bonds. The lowest BCUT2D eigenvalue weighted by Crippen LogP contribution is -2.28. The molecule has 0 fully saturated rings. The fraction of sp³-hybridized carbons (Fsp3) is 0.300. The van der Waals surface area contributed by atoms with Gasteiger partial charge in [-0.2, -0.15) is 0 Å². The van der Waals surface area contributed by atoms with E-state index >= 15 is 0 Å². The van der Waals surface area contributed by atoms with Gasteiger partial charge in [0.05, 0.1) is 19.2 Å². The van der Waals surface area contributed by atoms with Crippen molar-refractivity contribution in [1.82, 2.24) is 5.32 Å². The van der Waals surface area contributed by atoms with Crippen LogP contribution in [0.5, 0.6) is 11.5 Å². The highest BCUT2D eigenvalue weighted by molar-refractivity contribution is 5.97. The summed E-state index contributed by atoms with van der Waals surface area (Å²) in [5, 5.41) is 11.5. The van der Waals surface area contributed by atoms with Crippen molar-refractivity contribution in [2.24, 2.45) is 0 Å². The standard InChI is InChI=1S/C10H11F2NO3/c1-16-7-4-2-3-6(9(7)14)10(15)13-5-8(11)12/h2-4,8,14H,5H2,1H3,(H,13,15). The Labute approximate surface area is 90.8 Å². The van der Waals surface area contributed by atoms with Crippen LogP contribution in [-0.2, 0) is 0 Å². The van der Waals surface area contributed by atoms with Crippen molar-refractivity contribution >= 4 is 5.91 Å². The van der Waals surface area contributed by atoms with Crippen molar-refractivity contribution < 1.29 is 23.4 Å². The second-order valence-electron chi connectivity index (χ2n) is 2.96. The summed E-state index contributed by atoms with van der Waals surface area (Å²) in [5.41, 5.74) is -0.0972. The van der Waals surface area contributed by atoms with Gasteiger partial charge in [0.15, 0.2) is 11.5 Å². The second kappa shape index (κ2) is 5.29. The number of carbonyl (C=O) groups is 1. The molecule has 0 spiro atoms. The Morgan fingerprint density at radius 3 is 2.81 bits per heavy atom. The molecule has 1 rings (SSSR count). The molecule has 88 valence electrons. The zero-order chi connectivity index (χ0) is 12.1. The van der Waals surface area contributed by atoms with Crippen molar-refractivity contribution in [3.8, 4) is 11.5 Å². The Kier molecular flexibility index (Phi) is 4.04. The minimum atomic E-state index is -2.63. The van der Waals surface area contributed by atoms with Gasteiger partial charge >= 0.3 is 0 Å². The third kappa shape index (κ3) is 2.82. The zero-order valence-electron chi connectivity index (χ0n) is 8.54. The summed E-state index contributed by atoms with van der Waals surface area (Å²) in [6, 6.07) is 4.26. The Hall–Kier alpha value is -1.85. The molecular weight excluding hydrogens is 220 g/mol. The van der Waals surface area contributed by atoms with Crippen molar-refractivity contribution in [2.75, 3.05) is 13.7 Å². The first-order valence-electron chi connectivity index (χ1n) is 4.48. The quantitative estimate of drug-likeness (QED) is 0.823. The van der Waals surface area contributed by atoms with E-state index in [1.165, 1.54) is 25.3 Å². The molecule has 0 aliphatic carbocycles. The summed E-state index contributed by atoms with van der Waals surface area (Å²) in [6.45, 7) is -0.754. The van der Waals surface area contributed by atoms with Crippen LogP contribution in [0, 0.1) is 0 Å². The third-order valence-corrected chi connectivity index (χ3v) is 1.88. The van der Waals surface area contributed by atoms with E-state index in [2.05, 4.69) is 0 Å². The van der Waals surface area contributed by atoms with Crippen LogP contribution in [0.25, 0.3) is 0 Å². The number of halogens is 2. The fourth-order valence-corrected chi connectivity index (χ4v) is 1.14. The molecule has 4 nitrogen and oxygen atoms in total. The third-order valence-electron chi connectivity index (χ3n) is 1.88. The molecule has 0 saturated carbocycles. The van der Waals surface area contributed by atoms with E-state index in [4.69, 9.17) is 4.74 Å². The normalized spacial score (nSPS) is 10.2. The number of nitrogens with one attached hydrogen (secondary N) is 1. The molecule has 0 bridgehead atoms. The maximum Gasteiger partial charge on any atom is 0.255 e. The highest BCUT2D eigenvalue weighted by Gasteiger charge is 2.15. The highest BCUT2D eigenvalue weighted by Crippen LogP contribution is 2.29. The summed E-state index contributed by atoms with van der Waals surface area (Å²) in [7, 11) is 1.33. The van der Waals surface area contributed by atoms with Gasteiger partial charge < -0.3 is 15.2 Å². The van der Waals surface area contributed by atoms with E-state index in [1.54, 1.807) is 0 Å². The number of phenolic OH excluding ortho intramolecular Hbond substituents is 1. The van der Waals surface area contributed by atoms with Crippen LogP contribution in [0.2, 0.25) is 0 Å². The lowest BCUT2D eigenvalue weighted by molar-refractivity contribution is 0.0888. The van der Waals surface area contributed by atoms with Gasteiger partial charge in [0.2, 0.25) is 0 Å².